The topological polar surface area (TPSA) is 15.3 Å². The molecular formula is C52H60N2. The molecule has 4 unspecified atom stereocenters. The first-order valence-electron chi connectivity index (χ1n) is 20.9. The molecule has 0 spiro atoms. The van der Waals surface area contributed by atoms with Crippen molar-refractivity contribution in [3.63, 3.8) is 0 Å². The van der Waals surface area contributed by atoms with Crippen LogP contribution in [0.3, 0.4) is 0 Å². The van der Waals surface area contributed by atoms with Gasteiger partial charge in [0, 0.05) is 28.2 Å². The molecule has 0 bridgehead atoms. The van der Waals surface area contributed by atoms with Crippen LogP contribution >= 0.6 is 0 Å². The van der Waals surface area contributed by atoms with E-state index in [0.717, 1.165) is 18.3 Å². The van der Waals surface area contributed by atoms with Gasteiger partial charge >= 0.3 is 0 Å². The van der Waals surface area contributed by atoms with Gasteiger partial charge in [-0.15, -0.1) is 0 Å². The zero-order valence-corrected chi connectivity index (χ0v) is 33.4. The Morgan fingerprint density at radius 3 is 1.56 bits per heavy atom. The van der Waals surface area contributed by atoms with Crippen LogP contribution in [0.1, 0.15) is 105 Å². The Morgan fingerprint density at radius 1 is 0.537 bits per heavy atom. The molecule has 3 saturated carbocycles. The Balaban J connectivity index is 0.000000200. The molecule has 9 rings (SSSR count). The molecule has 5 aromatic rings. The van der Waals surface area contributed by atoms with E-state index >= 15 is 0 Å². The lowest BCUT2D eigenvalue weighted by Crippen LogP contribution is -2.29. The molecule has 4 atom stereocenters. The Morgan fingerprint density at radius 2 is 1.00 bits per heavy atom. The molecule has 2 heteroatoms. The third-order valence-corrected chi connectivity index (χ3v) is 13.5. The summed E-state index contributed by atoms with van der Waals surface area (Å²) in [6.45, 7) is 11.1. The average Bonchev–Trinajstić information content (AvgIpc) is 4.09. The van der Waals surface area contributed by atoms with Crippen LogP contribution in [0, 0.1) is 38.0 Å². The highest BCUT2D eigenvalue weighted by atomic mass is 15.1. The van der Waals surface area contributed by atoms with Gasteiger partial charge in [-0.1, -0.05) is 148 Å². The van der Waals surface area contributed by atoms with Gasteiger partial charge in [0.25, 0.3) is 0 Å². The zero-order chi connectivity index (χ0) is 37.3. The smallest absolute Gasteiger partial charge is 0.0592 e. The summed E-state index contributed by atoms with van der Waals surface area (Å²) in [5.74, 6) is 1.84. The first kappa shape index (κ1) is 36.4. The summed E-state index contributed by atoms with van der Waals surface area (Å²) in [5.41, 5.74) is 14.1. The van der Waals surface area contributed by atoms with Crippen molar-refractivity contribution >= 4 is 22.7 Å². The van der Waals surface area contributed by atoms with Crippen LogP contribution in [0.25, 0.3) is 0 Å². The minimum absolute atomic E-state index is 0.101. The maximum atomic E-state index is 3.75. The van der Waals surface area contributed by atoms with E-state index in [0.29, 0.717) is 11.0 Å². The number of anilines is 4. The number of rotatable bonds is 8. The number of nitrogens with one attached hydrogen (secondary N) is 1. The molecule has 0 heterocycles. The largest absolute Gasteiger partial charge is 0.376 e. The third-order valence-electron chi connectivity index (χ3n) is 13.5. The summed E-state index contributed by atoms with van der Waals surface area (Å²) in [4.78, 5) is 2.39. The number of fused-ring (bicyclic) bond motifs is 3. The van der Waals surface area contributed by atoms with Gasteiger partial charge in [-0.25, -0.2) is 0 Å². The molecule has 1 N–H and O–H groups in total. The predicted octanol–water partition coefficient (Wildman–Crippen LogP) is 14.1. The normalized spacial score (nSPS) is 24.8. The van der Waals surface area contributed by atoms with Gasteiger partial charge in [0.2, 0.25) is 0 Å². The fourth-order valence-electron chi connectivity index (χ4n) is 9.71. The maximum absolute atomic E-state index is 3.75. The number of allylic oxidation sites excluding steroid dienone is 1. The quantitative estimate of drug-likeness (QED) is 0.161. The number of benzene rings is 5. The van der Waals surface area contributed by atoms with Gasteiger partial charge in [-0.05, 0) is 135 Å². The van der Waals surface area contributed by atoms with Crippen LogP contribution in [-0.4, -0.2) is 5.54 Å². The van der Waals surface area contributed by atoms with Crippen LogP contribution in [-0.2, 0) is 11.8 Å². The van der Waals surface area contributed by atoms with Gasteiger partial charge in [-0.2, -0.15) is 0 Å². The van der Waals surface area contributed by atoms with Gasteiger partial charge in [0.15, 0.2) is 0 Å². The Hall–Kier alpha value is -4.56. The highest BCUT2D eigenvalue weighted by Crippen LogP contribution is 2.71. The van der Waals surface area contributed by atoms with E-state index in [1.54, 1.807) is 0 Å². The average molecular weight is 713 g/mol. The first-order chi connectivity index (χ1) is 26.2. The second-order valence-corrected chi connectivity index (χ2v) is 17.4. The lowest BCUT2D eigenvalue weighted by molar-refractivity contribution is 0.366. The SMILES string of the molecule is CCc1ccc(N(c2ccc(C)cc2)c2ccc(C3(c4ccc(C)cc4)CCCCCCC3)cc2)cc1.Cc1ccc(NC23C=CC4(C)CC4C2C3)cc1. The van der Waals surface area contributed by atoms with Gasteiger partial charge in [-0.3, -0.25) is 0 Å². The van der Waals surface area contributed by atoms with Crippen molar-refractivity contribution in [1.82, 2.24) is 0 Å². The van der Waals surface area contributed by atoms with Gasteiger partial charge < -0.3 is 10.2 Å². The molecule has 0 amide bonds. The fraction of sp³-hybridized carbons (Fsp3) is 0.385. The summed E-state index contributed by atoms with van der Waals surface area (Å²) < 4.78 is 0. The molecule has 0 aliphatic heterocycles. The third kappa shape index (κ3) is 7.42. The van der Waals surface area contributed by atoms with E-state index in [2.05, 4.69) is 178 Å². The Labute approximate surface area is 325 Å². The molecule has 0 aromatic heterocycles. The van der Waals surface area contributed by atoms with E-state index in [9.17, 15) is 0 Å². The maximum Gasteiger partial charge on any atom is 0.0592 e. The van der Waals surface area contributed by atoms with Crippen molar-refractivity contribution in [2.45, 2.75) is 110 Å². The lowest BCUT2D eigenvalue weighted by atomic mass is 9.67. The second kappa shape index (κ2) is 14.9. The van der Waals surface area contributed by atoms with Crippen LogP contribution < -0.4 is 10.2 Å². The van der Waals surface area contributed by atoms with Crippen LogP contribution in [0.4, 0.5) is 22.7 Å². The molecule has 5 aromatic carbocycles. The minimum Gasteiger partial charge on any atom is -0.376 e. The van der Waals surface area contributed by atoms with Crippen LogP contribution in [0.2, 0.25) is 0 Å². The van der Waals surface area contributed by atoms with E-state index in [4.69, 9.17) is 0 Å². The van der Waals surface area contributed by atoms with E-state index in [1.807, 2.05) is 0 Å². The fourth-order valence-corrected chi connectivity index (χ4v) is 9.71. The van der Waals surface area contributed by atoms with Gasteiger partial charge in [0.05, 0.1) is 5.54 Å². The van der Waals surface area contributed by atoms with Crippen molar-refractivity contribution in [2.24, 2.45) is 17.3 Å². The number of nitrogens with zero attached hydrogens (tertiary/aromatic N) is 1. The molecule has 0 saturated heterocycles. The van der Waals surface area contributed by atoms with Gasteiger partial charge in [0.1, 0.15) is 0 Å². The summed E-state index contributed by atoms with van der Waals surface area (Å²) in [6, 6.07) is 45.6. The number of aryl methyl sites for hydroxylation is 4. The highest BCUT2D eigenvalue weighted by molar-refractivity contribution is 5.77. The van der Waals surface area contributed by atoms with Crippen molar-refractivity contribution in [1.29, 1.82) is 0 Å². The van der Waals surface area contributed by atoms with Crippen molar-refractivity contribution < 1.29 is 0 Å². The first-order valence-corrected chi connectivity index (χ1v) is 20.9. The van der Waals surface area contributed by atoms with Crippen LogP contribution in [0.5, 0.6) is 0 Å². The molecule has 54 heavy (non-hydrogen) atoms. The van der Waals surface area contributed by atoms with Crippen molar-refractivity contribution in [2.75, 3.05) is 10.2 Å². The Kier molecular flexibility index (Phi) is 10.1. The zero-order valence-electron chi connectivity index (χ0n) is 33.4. The number of hydrogen-bond acceptors (Lipinski definition) is 2. The lowest BCUT2D eigenvalue weighted by Gasteiger charge is -2.37. The standard InChI is InChI=1S/C36H41N.C16H19N/c1-4-30-14-22-34(23-15-30)37(33-20-12-29(3)13-21-33)35-24-18-32(19-25-35)36(26-8-6-5-7-9-27-36)31-16-10-28(2)11-17-31;1-11-3-5-12(6-4-11)17-16-8-7-15(2)9-13(15)14(16)10-16/h10-25H,4-9,26-27H2,1-3H3;3-8,13-14,17H,9-10H2,1-2H3. The molecular weight excluding hydrogens is 653 g/mol. The number of hydrogen-bond donors (Lipinski definition) is 1. The summed E-state index contributed by atoms with van der Waals surface area (Å²) in [6.07, 6.45) is 17.8. The monoisotopic (exact) mass is 712 g/mol. The molecule has 4 aliphatic carbocycles. The Bertz CT molecular complexity index is 2030. The summed E-state index contributed by atoms with van der Waals surface area (Å²) in [5, 5.41) is 3.75. The summed E-state index contributed by atoms with van der Waals surface area (Å²) in [7, 11) is 0. The minimum atomic E-state index is 0.101. The van der Waals surface area contributed by atoms with E-state index in [1.165, 1.54) is 114 Å². The van der Waals surface area contributed by atoms with E-state index in [-0.39, 0.29) is 5.41 Å². The molecule has 278 valence electrons. The second-order valence-electron chi connectivity index (χ2n) is 17.4. The van der Waals surface area contributed by atoms with Crippen LogP contribution in [0.15, 0.2) is 133 Å². The molecule has 3 fully saturated rings. The van der Waals surface area contributed by atoms with E-state index < -0.39 is 0 Å². The molecule has 2 nitrogen and oxygen atoms in total. The molecule has 0 radical (unpaired) electrons. The highest BCUT2D eigenvalue weighted by Gasteiger charge is 2.68. The molecule has 4 aliphatic rings. The predicted molar refractivity (Wildman–Crippen MR) is 231 cm³/mol. The summed E-state index contributed by atoms with van der Waals surface area (Å²) >= 11 is 0. The van der Waals surface area contributed by atoms with Crippen molar-refractivity contribution in [3.05, 3.63) is 167 Å². The van der Waals surface area contributed by atoms with Crippen molar-refractivity contribution in [3.8, 4) is 0 Å².